The summed E-state index contributed by atoms with van der Waals surface area (Å²) in [5.74, 6) is -0.218. The summed E-state index contributed by atoms with van der Waals surface area (Å²) in [6.07, 6.45) is 7.01. The first kappa shape index (κ1) is 19.5. The first-order valence-electron chi connectivity index (χ1n) is 9.37. The first-order valence-corrected chi connectivity index (χ1v) is 9.37. The maximum atomic E-state index is 13.1. The van der Waals surface area contributed by atoms with Crippen molar-refractivity contribution in [2.24, 2.45) is 16.7 Å². The fourth-order valence-electron chi connectivity index (χ4n) is 4.41. The number of aliphatic hydroxyl groups is 1. The van der Waals surface area contributed by atoms with Gasteiger partial charge in [0.25, 0.3) is 0 Å². The van der Waals surface area contributed by atoms with Crippen LogP contribution in [0.25, 0.3) is 0 Å². The van der Waals surface area contributed by atoms with Gasteiger partial charge in [-0.1, -0.05) is 53.2 Å². The van der Waals surface area contributed by atoms with Gasteiger partial charge in [-0.3, -0.25) is 4.79 Å². The molecule has 138 valence electrons. The number of rotatable bonds is 3. The van der Waals surface area contributed by atoms with Gasteiger partial charge < -0.3 is 9.84 Å². The molecule has 0 aromatic rings. The van der Waals surface area contributed by atoms with Crippen LogP contribution in [-0.4, -0.2) is 22.3 Å². The third-order valence-electron chi connectivity index (χ3n) is 5.34. The van der Waals surface area contributed by atoms with Crippen LogP contribution in [0.1, 0.15) is 87.0 Å². The van der Waals surface area contributed by atoms with Crippen molar-refractivity contribution in [1.29, 1.82) is 0 Å². The van der Waals surface area contributed by atoms with Gasteiger partial charge in [0, 0.05) is 12.8 Å². The molecule has 3 atom stereocenters. The topological polar surface area (TPSA) is 46.5 Å². The Morgan fingerprint density at radius 2 is 1.92 bits per heavy atom. The lowest BCUT2D eigenvalue weighted by Gasteiger charge is -2.47. The Morgan fingerprint density at radius 3 is 2.46 bits per heavy atom. The highest BCUT2D eigenvalue weighted by molar-refractivity contribution is 5.74. The summed E-state index contributed by atoms with van der Waals surface area (Å²) in [7, 11) is 0. The third-order valence-corrected chi connectivity index (χ3v) is 5.34. The lowest BCUT2D eigenvalue weighted by Crippen LogP contribution is -2.49. The van der Waals surface area contributed by atoms with Gasteiger partial charge in [-0.2, -0.15) is 0 Å². The molecule has 0 heterocycles. The number of hydrogen-bond acceptors (Lipinski definition) is 3. The number of hydrogen-bond donors (Lipinski definition) is 1. The van der Waals surface area contributed by atoms with Crippen LogP contribution >= 0.6 is 0 Å². The second-order valence-electron chi connectivity index (χ2n) is 10.7. The largest absolute Gasteiger partial charge is 0.458 e. The zero-order valence-electron chi connectivity index (χ0n) is 16.7. The minimum atomic E-state index is -0.866. The summed E-state index contributed by atoms with van der Waals surface area (Å²) in [4.78, 5) is 13.1. The number of esters is 1. The Labute approximate surface area is 147 Å². The molecule has 2 rings (SSSR count). The molecule has 2 bridgehead atoms. The molecule has 0 amide bonds. The van der Waals surface area contributed by atoms with Crippen molar-refractivity contribution in [1.82, 2.24) is 0 Å². The highest BCUT2D eigenvalue weighted by atomic mass is 16.6. The van der Waals surface area contributed by atoms with Crippen LogP contribution < -0.4 is 0 Å². The number of carbonyl (C=O) groups excluding carboxylic acids is 1. The molecule has 3 heteroatoms. The molecule has 0 radical (unpaired) electrons. The SMILES string of the molecule is CC(C)(C)CC(C(=O)OC12CCCC(=CC(C)(O)C1)C2)C(C)(C)C. The smallest absolute Gasteiger partial charge is 0.310 e. The van der Waals surface area contributed by atoms with E-state index in [-0.39, 0.29) is 22.7 Å². The molecule has 0 aromatic heterocycles. The predicted octanol–water partition coefficient (Wildman–Crippen LogP) is 5.02. The Morgan fingerprint density at radius 1 is 1.29 bits per heavy atom. The first-order chi connectivity index (χ1) is 10.7. The van der Waals surface area contributed by atoms with Crippen molar-refractivity contribution in [2.75, 3.05) is 0 Å². The van der Waals surface area contributed by atoms with E-state index < -0.39 is 11.2 Å². The van der Waals surface area contributed by atoms with E-state index in [9.17, 15) is 9.90 Å². The van der Waals surface area contributed by atoms with Crippen molar-refractivity contribution >= 4 is 5.97 Å². The molecule has 0 aromatic carbocycles. The number of fused-ring (bicyclic) bond motifs is 2. The third kappa shape index (κ3) is 4.84. The highest BCUT2D eigenvalue weighted by Crippen LogP contribution is 2.47. The quantitative estimate of drug-likeness (QED) is 0.581. The molecule has 2 aliphatic rings. The summed E-state index contributed by atoms with van der Waals surface area (Å²) in [6.45, 7) is 14.7. The van der Waals surface area contributed by atoms with Gasteiger partial charge in [0.1, 0.15) is 5.60 Å². The standard InChI is InChI=1S/C21H36O3/c1-18(2,3)13-16(19(4,5)6)17(22)24-21-10-8-9-15(12-21)11-20(7,23)14-21/h11,16,23H,8-10,12-14H2,1-7H3. The fraction of sp³-hybridized carbons (Fsp3) is 0.857. The zero-order chi connectivity index (χ0) is 18.4. The summed E-state index contributed by atoms with van der Waals surface area (Å²) >= 11 is 0. The van der Waals surface area contributed by atoms with E-state index in [0.717, 1.165) is 32.1 Å². The van der Waals surface area contributed by atoms with Crippen molar-refractivity contribution in [3.05, 3.63) is 11.6 Å². The Bertz CT molecular complexity index is 516. The minimum absolute atomic E-state index is 0.0737. The monoisotopic (exact) mass is 336 g/mol. The van der Waals surface area contributed by atoms with E-state index in [4.69, 9.17) is 4.74 Å². The Hall–Kier alpha value is -0.830. The summed E-state index contributed by atoms with van der Waals surface area (Å²) in [6, 6.07) is 0. The van der Waals surface area contributed by atoms with Crippen LogP contribution in [-0.2, 0) is 9.53 Å². The molecule has 3 nitrogen and oxygen atoms in total. The molecule has 1 N–H and O–H groups in total. The lowest BCUT2D eigenvalue weighted by molar-refractivity contribution is -0.179. The average molecular weight is 337 g/mol. The second kappa shape index (κ2) is 6.16. The van der Waals surface area contributed by atoms with Gasteiger partial charge in [-0.05, 0) is 43.4 Å². The van der Waals surface area contributed by atoms with Gasteiger partial charge in [0.05, 0.1) is 11.5 Å². The fourth-order valence-corrected chi connectivity index (χ4v) is 4.41. The van der Waals surface area contributed by atoms with Crippen molar-refractivity contribution in [2.45, 2.75) is 98.2 Å². The molecule has 24 heavy (non-hydrogen) atoms. The molecule has 3 unspecified atom stereocenters. The maximum Gasteiger partial charge on any atom is 0.310 e. The molecule has 0 spiro atoms. The minimum Gasteiger partial charge on any atom is -0.458 e. The Balaban J connectivity index is 2.21. The zero-order valence-corrected chi connectivity index (χ0v) is 16.7. The van der Waals surface area contributed by atoms with E-state index in [1.54, 1.807) is 0 Å². The van der Waals surface area contributed by atoms with E-state index in [2.05, 4.69) is 41.5 Å². The van der Waals surface area contributed by atoms with E-state index in [1.165, 1.54) is 5.57 Å². The van der Waals surface area contributed by atoms with Crippen LogP contribution in [0.5, 0.6) is 0 Å². The lowest BCUT2D eigenvalue weighted by atomic mass is 9.69. The van der Waals surface area contributed by atoms with Crippen LogP contribution in [0.2, 0.25) is 0 Å². The maximum absolute atomic E-state index is 13.1. The summed E-state index contributed by atoms with van der Waals surface area (Å²) < 4.78 is 6.18. The van der Waals surface area contributed by atoms with Crippen LogP contribution in [0.3, 0.4) is 0 Å². The summed E-state index contributed by atoms with van der Waals surface area (Å²) in [5.41, 5.74) is -0.191. The normalized spacial score (nSPS) is 32.1. The van der Waals surface area contributed by atoms with Gasteiger partial charge in [0.15, 0.2) is 0 Å². The molecule has 2 aliphatic carbocycles. The molecular formula is C21H36O3. The van der Waals surface area contributed by atoms with Gasteiger partial charge in [-0.25, -0.2) is 0 Å². The van der Waals surface area contributed by atoms with Crippen molar-refractivity contribution in [3.63, 3.8) is 0 Å². The van der Waals surface area contributed by atoms with E-state index in [0.29, 0.717) is 6.42 Å². The molecule has 1 saturated carbocycles. The van der Waals surface area contributed by atoms with Crippen molar-refractivity contribution in [3.8, 4) is 0 Å². The van der Waals surface area contributed by atoms with Crippen LogP contribution in [0.4, 0.5) is 0 Å². The van der Waals surface area contributed by atoms with Gasteiger partial charge in [-0.15, -0.1) is 0 Å². The van der Waals surface area contributed by atoms with Crippen LogP contribution in [0, 0.1) is 16.7 Å². The van der Waals surface area contributed by atoms with E-state index >= 15 is 0 Å². The number of ether oxygens (including phenoxy) is 1. The molecule has 0 saturated heterocycles. The van der Waals surface area contributed by atoms with Crippen molar-refractivity contribution < 1.29 is 14.6 Å². The molecule has 1 fully saturated rings. The van der Waals surface area contributed by atoms with Gasteiger partial charge >= 0.3 is 5.97 Å². The molecule has 0 aliphatic heterocycles. The van der Waals surface area contributed by atoms with Crippen LogP contribution in [0.15, 0.2) is 11.6 Å². The second-order valence-corrected chi connectivity index (χ2v) is 10.7. The van der Waals surface area contributed by atoms with E-state index in [1.807, 2.05) is 13.0 Å². The predicted molar refractivity (Wildman–Crippen MR) is 97.6 cm³/mol. The average Bonchev–Trinajstić information content (AvgIpc) is 2.30. The Kier molecular flexibility index (Phi) is 5.00. The summed E-state index contributed by atoms with van der Waals surface area (Å²) in [5, 5.41) is 10.6. The molecular weight excluding hydrogens is 300 g/mol. The van der Waals surface area contributed by atoms with Gasteiger partial charge in [0.2, 0.25) is 0 Å². The highest BCUT2D eigenvalue weighted by Gasteiger charge is 2.48. The number of carbonyl (C=O) groups is 1.